The number of thiophene rings is 1. The van der Waals surface area contributed by atoms with Crippen LogP contribution in [0, 0.1) is 6.92 Å². The second kappa shape index (κ2) is 8.81. The number of aryl methyl sites for hydroxylation is 1. The number of anilines is 1. The molecule has 0 radical (unpaired) electrons. The molecule has 3 aromatic rings. The van der Waals surface area contributed by atoms with E-state index in [1.165, 1.54) is 29.7 Å². The van der Waals surface area contributed by atoms with Crippen molar-refractivity contribution < 1.29 is 13.2 Å². The third kappa shape index (κ3) is 4.85. The lowest BCUT2D eigenvalue weighted by Crippen LogP contribution is -2.39. The Bertz CT molecular complexity index is 1050. The summed E-state index contributed by atoms with van der Waals surface area (Å²) in [5.74, 6) is -0.534. The van der Waals surface area contributed by atoms with Gasteiger partial charge in [-0.05, 0) is 42.6 Å². The number of nitrogens with zero attached hydrogens (tertiary/aromatic N) is 2. The molecule has 1 aromatic heterocycles. The van der Waals surface area contributed by atoms with E-state index >= 15 is 0 Å². The van der Waals surface area contributed by atoms with Crippen molar-refractivity contribution in [1.82, 2.24) is 5.43 Å². The number of benzene rings is 2. The maximum Gasteiger partial charge on any atom is 0.264 e. The van der Waals surface area contributed by atoms with Crippen LogP contribution >= 0.6 is 11.3 Å². The Kier molecular flexibility index (Phi) is 6.23. The number of carbonyl (C=O) groups is 1. The second-order valence-electron chi connectivity index (χ2n) is 5.97. The number of sulfonamides is 1. The van der Waals surface area contributed by atoms with E-state index in [0.717, 1.165) is 14.7 Å². The number of rotatable bonds is 7. The van der Waals surface area contributed by atoms with Crippen molar-refractivity contribution in [1.29, 1.82) is 0 Å². The highest BCUT2D eigenvalue weighted by Crippen LogP contribution is 2.23. The molecule has 1 amide bonds. The highest BCUT2D eigenvalue weighted by Gasteiger charge is 2.26. The molecule has 0 aliphatic heterocycles. The average Bonchev–Trinajstić information content (AvgIpc) is 3.21. The maximum absolute atomic E-state index is 13.1. The summed E-state index contributed by atoms with van der Waals surface area (Å²) in [5.41, 5.74) is 3.79. The number of hydrogen-bond acceptors (Lipinski definition) is 5. The summed E-state index contributed by atoms with van der Waals surface area (Å²) in [6.45, 7) is 1.52. The Balaban J connectivity index is 1.84. The molecule has 1 N–H and O–H groups in total. The largest absolute Gasteiger partial charge is 0.271 e. The molecule has 2 aromatic carbocycles. The minimum atomic E-state index is -3.91. The quantitative estimate of drug-likeness (QED) is 0.476. The highest BCUT2D eigenvalue weighted by molar-refractivity contribution is 7.92. The molecular weight excluding hydrogens is 394 g/mol. The summed E-state index contributed by atoms with van der Waals surface area (Å²) < 4.78 is 27.3. The standard InChI is InChI=1S/C20H19N3O3S2/c1-16-9-11-17(12-10-16)23(28(25,26)19-7-3-2-4-8-19)15-20(24)22-21-14-18-6-5-13-27-18/h2-14H,15H2,1H3,(H,22,24). The molecule has 144 valence electrons. The van der Waals surface area contributed by atoms with Crippen LogP contribution in [0.15, 0.2) is 82.1 Å². The first-order valence-corrected chi connectivity index (χ1v) is 10.8. The SMILES string of the molecule is Cc1ccc(N(CC(=O)NN=Cc2cccs2)S(=O)(=O)c2ccccc2)cc1. The van der Waals surface area contributed by atoms with Gasteiger partial charge in [0.1, 0.15) is 6.54 Å². The summed E-state index contributed by atoms with van der Waals surface area (Å²) in [5, 5.41) is 5.79. The molecule has 0 atom stereocenters. The molecule has 8 heteroatoms. The van der Waals surface area contributed by atoms with Crippen molar-refractivity contribution in [2.45, 2.75) is 11.8 Å². The predicted molar refractivity (Wildman–Crippen MR) is 112 cm³/mol. The van der Waals surface area contributed by atoms with Crippen LogP contribution in [0.1, 0.15) is 10.4 Å². The Morgan fingerprint density at radius 3 is 2.43 bits per heavy atom. The zero-order valence-electron chi connectivity index (χ0n) is 15.1. The number of hydrogen-bond donors (Lipinski definition) is 1. The molecule has 0 aliphatic carbocycles. The average molecular weight is 414 g/mol. The third-order valence-electron chi connectivity index (χ3n) is 3.86. The molecule has 0 bridgehead atoms. The van der Waals surface area contributed by atoms with E-state index in [1.807, 2.05) is 24.4 Å². The van der Waals surface area contributed by atoms with Crippen LogP contribution in [-0.4, -0.2) is 27.1 Å². The molecule has 0 aliphatic rings. The van der Waals surface area contributed by atoms with E-state index in [1.54, 1.807) is 42.5 Å². The summed E-state index contributed by atoms with van der Waals surface area (Å²) in [7, 11) is -3.91. The fourth-order valence-electron chi connectivity index (χ4n) is 2.44. The molecule has 6 nitrogen and oxygen atoms in total. The maximum atomic E-state index is 13.1. The topological polar surface area (TPSA) is 78.8 Å². The van der Waals surface area contributed by atoms with Crippen LogP contribution in [0.5, 0.6) is 0 Å². The Hall–Kier alpha value is -2.97. The van der Waals surface area contributed by atoms with Crippen molar-refractivity contribution >= 4 is 39.2 Å². The lowest BCUT2D eigenvalue weighted by atomic mass is 10.2. The first-order valence-electron chi connectivity index (χ1n) is 8.47. The molecule has 0 fully saturated rings. The summed E-state index contributed by atoms with van der Waals surface area (Å²) in [6.07, 6.45) is 1.52. The predicted octanol–water partition coefficient (Wildman–Crippen LogP) is 3.40. The lowest BCUT2D eigenvalue weighted by Gasteiger charge is -2.23. The Morgan fingerprint density at radius 2 is 1.79 bits per heavy atom. The molecule has 1 heterocycles. The summed E-state index contributed by atoms with van der Waals surface area (Å²) >= 11 is 1.48. The van der Waals surface area contributed by atoms with Gasteiger partial charge in [-0.2, -0.15) is 5.10 Å². The lowest BCUT2D eigenvalue weighted by molar-refractivity contribution is -0.119. The van der Waals surface area contributed by atoms with Gasteiger partial charge in [-0.1, -0.05) is 42.0 Å². The van der Waals surface area contributed by atoms with Crippen LogP contribution in [0.3, 0.4) is 0 Å². The van der Waals surface area contributed by atoms with Crippen LogP contribution in [-0.2, 0) is 14.8 Å². The molecule has 3 rings (SSSR count). The van der Waals surface area contributed by atoms with Crippen molar-refractivity contribution in [3.8, 4) is 0 Å². The highest BCUT2D eigenvalue weighted by atomic mass is 32.2. The van der Waals surface area contributed by atoms with Crippen LogP contribution in [0.25, 0.3) is 0 Å². The van der Waals surface area contributed by atoms with Gasteiger partial charge in [-0.3, -0.25) is 9.10 Å². The van der Waals surface area contributed by atoms with E-state index in [0.29, 0.717) is 5.69 Å². The summed E-state index contributed by atoms with van der Waals surface area (Å²) in [6, 6.07) is 18.7. The smallest absolute Gasteiger partial charge is 0.264 e. The van der Waals surface area contributed by atoms with Crippen LogP contribution in [0.4, 0.5) is 5.69 Å². The Morgan fingerprint density at radius 1 is 1.07 bits per heavy atom. The van der Waals surface area contributed by atoms with Crippen molar-refractivity contribution in [3.63, 3.8) is 0 Å². The van der Waals surface area contributed by atoms with Gasteiger partial charge in [-0.15, -0.1) is 11.3 Å². The summed E-state index contributed by atoms with van der Waals surface area (Å²) in [4.78, 5) is 13.4. The minimum absolute atomic E-state index is 0.116. The van der Waals surface area contributed by atoms with Gasteiger partial charge in [0.15, 0.2) is 0 Å². The molecule has 28 heavy (non-hydrogen) atoms. The van der Waals surface area contributed by atoms with Gasteiger partial charge in [0, 0.05) is 4.88 Å². The Labute approximate surface area is 168 Å². The molecular formula is C20H19N3O3S2. The molecule has 0 spiro atoms. The second-order valence-corrected chi connectivity index (χ2v) is 8.81. The van der Waals surface area contributed by atoms with Gasteiger partial charge in [0.05, 0.1) is 16.8 Å². The van der Waals surface area contributed by atoms with Gasteiger partial charge in [-0.25, -0.2) is 13.8 Å². The fraction of sp³-hybridized carbons (Fsp3) is 0.100. The number of nitrogens with one attached hydrogen (secondary N) is 1. The van der Waals surface area contributed by atoms with E-state index in [4.69, 9.17) is 0 Å². The third-order valence-corrected chi connectivity index (χ3v) is 6.46. The zero-order valence-corrected chi connectivity index (χ0v) is 16.8. The van der Waals surface area contributed by atoms with E-state index in [-0.39, 0.29) is 11.4 Å². The molecule has 0 saturated heterocycles. The van der Waals surface area contributed by atoms with E-state index in [9.17, 15) is 13.2 Å². The van der Waals surface area contributed by atoms with E-state index in [2.05, 4.69) is 10.5 Å². The van der Waals surface area contributed by atoms with Crippen molar-refractivity contribution in [2.75, 3.05) is 10.8 Å². The number of hydrazone groups is 1. The van der Waals surface area contributed by atoms with Crippen LogP contribution in [0.2, 0.25) is 0 Å². The monoisotopic (exact) mass is 413 g/mol. The van der Waals surface area contributed by atoms with Gasteiger partial charge in [0.25, 0.3) is 15.9 Å². The first-order chi connectivity index (χ1) is 13.5. The normalized spacial score (nSPS) is 11.5. The van der Waals surface area contributed by atoms with Gasteiger partial charge >= 0.3 is 0 Å². The minimum Gasteiger partial charge on any atom is -0.271 e. The number of carbonyl (C=O) groups excluding carboxylic acids is 1. The molecule has 0 unspecified atom stereocenters. The van der Waals surface area contributed by atoms with E-state index < -0.39 is 15.9 Å². The zero-order chi connectivity index (χ0) is 20.0. The first kappa shape index (κ1) is 19.8. The van der Waals surface area contributed by atoms with Crippen molar-refractivity contribution in [3.05, 3.63) is 82.6 Å². The number of amides is 1. The van der Waals surface area contributed by atoms with Crippen LogP contribution < -0.4 is 9.73 Å². The van der Waals surface area contributed by atoms with Gasteiger partial charge in [0.2, 0.25) is 0 Å². The fourth-order valence-corrected chi connectivity index (χ4v) is 4.47. The van der Waals surface area contributed by atoms with Crippen molar-refractivity contribution in [2.24, 2.45) is 5.10 Å². The van der Waals surface area contributed by atoms with Gasteiger partial charge < -0.3 is 0 Å². The molecule has 0 saturated carbocycles.